The third-order valence-corrected chi connectivity index (χ3v) is 4.56. The summed E-state index contributed by atoms with van der Waals surface area (Å²) in [7, 11) is 0. The molecule has 1 aliphatic heterocycles. The zero-order chi connectivity index (χ0) is 18.5. The van der Waals surface area contributed by atoms with E-state index in [9.17, 15) is 9.90 Å². The van der Waals surface area contributed by atoms with Crippen LogP contribution in [0.2, 0.25) is 0 Å². The van der Waals surface area contributed by atoms with E-state index >= 15 is 0 Å². The first-order valence-electron chi connectivity index (χ1n) is 8.27. The Morgan fingerprint density at radius 3 is 2.73 bits per heavy atom. The van der Waals surface area contributed by atoms with E-state index in [1.807, 2.05) is 60.8 Å². The number of nitrogens with zero attached hydrogens (tertiary/aromatic N) is 1. The first-order valence-corrected chi connectivity index (χ1v) is 8.68. The molecule has 6 nitrogen and oxygen atoms in total. The zero-order valence-electron chi connectivity index (χ0n) is 14.0. The van der Waals surface area contributed by atoms with Crippen molar-refractivity contribution < 1.29 is 9.90 Å². The Morgan fingerprint density at radius 1 is 1.31 bits per heavy atom. The van der Waals surface area contributed by atoms with Crippen molar-refractivity contribution >= 4 is 29.0 Å². The van der Waals surface area contributed by atoms with Gasteiger partial charge < -0.3 is 16.2 Å². The lowest BCUT2D eigenvalue weighted by Crippen LogP contribution is -2.30. The van der Waals surface area contributed by atoms with Gasteiger partial charge in [-0.15, -0.1) is 0 Å². The van der Waals surface area contributed by atoms with Gasteiger partial charge >= 0.3 is 5.97 Å². The van der Waals surface area contributed by atoms with Gasteiger partial charge in [0, 0.05) is 12.3 Å². The number of hydrogen-bond donors (Lipinski definition) is 4. The van der Waals surface area contributed by atoms with Gasteiger partial charge in [0.1, 0.15) is 0 Å². The Bertz CT molecular complexity index is 814. The van der Waals surface area contributed by atoms with Crippen molar-refractivity contribution in [1.82, 2.24) is 10.7 Å². The average Bonchev–Trinajstić information content (AvgIpc) is 3.06. The number of fused-ring (bicyclic) bond motifs is 1. The summed E-state index contributed by atoms with van der Waals surface area (Å²) in [6, 6.07) is 9.51. The van der Waals surface area contributed by atoms with Crippen molar-refractivity contribution in [3.8, 4) is 0 Å². The third-order valence-electron chi connectivity index (χ3n) is 4.47. The summed E-state index contributed by atoms with van der Waals surface area (Å²) >= 11 is 4.82. The number of aliphatic carboxylic acids is 1. The van der Waals surface area contributed by atoms with Crippen LogP contribution < -0.4 is 16.5 Å². The van der Waals surface area contributed by atoms with Crippen molar-refractivity contribution in [2.45, 2.75) is 12.5 Å². The molecule has 1 aliphatic carbocycles. The molecule has 0 aromatic heterocycles. The molecule has 134 valence electrons. The van der Waals surface area contributed by atoms with E-state index in [4.69, 9.17) is 18.0 Å². The molecule has 0 radical (unpaired) electrons. The number of nitrogens with one attached hydrogen (secondary N) is 2. The van der Waals surface area contributed by atoms with Gasteiger partial charge in [0.2, 0.25) is 0 Å². The van der Waals surface area contributed by atoms with Crippen LogP contribution in [0.3, 0.4) is 0 Å². The molecular weight excluding hydrogens is 348 g/mol. The minimum atomic E-state index is -0.888. The number of rotatable bonds is 6. The fourth-order valence-electron chi connectivity index (χ4n) is 3.23. The maximum atomic E-state index is 12.0. The van der Waals surface area contributed by atoms with Gasteiger partial charge in [0.05, 0.1) is 17.7 Å². The second-order valence-corrected chi connectivity index (χ2v) is 6.57. The van der Waals surface area contributed by atoms with Gasteiger partial charge in [-0.05, 0) is 29.6 Å². The van der Waals surface area contributed by atoms with Gasteiger partial charge in [0.15, 0.2) is 5.11 Å². The van der Waals surface area contributed by atoms with Crippen LogP contribution in [-0.2, 0) is 4.79 Å². The standard InChI is InChI=1S/C19H20N4O2S/c20-19(26)23-22-17(12-6-2-1-3-7-12)10-14(18(24)25)15-11-21-16-9-5-4-8-13(15)16/h1-9,11,13-14,16,21H,10H2,(H,24,25)(H3,20,23,26). The Labute approximate surface area is 157 Å². The SMILES string of the molecule is NC(=S)NN=C(CC(C(=O)O)C1=CNC2C=CC=CC12)c1ccccc1. The highest BCUT2D eigenvalue weighted by Gasteiger charge is 2.36. The van der Waals surface area contributed by atoms with E-state index in [1.165, 1.54) is 0 Å². The fourth-order valence-corrected chi connectivity index (χ4v) is 3.27. The summed E-state index contributed by atoms with van der Waals surface area (Å²) in [5.74, 6) is -1.57. The first kappa shape index (κ1) is 17.9. The number of nitrogens with two attached hydrogens (primary N) is 1. The highest BCUT2D eigenvalue weighted by atomic mass is 32.1. The smallest absolute Gasteiger partial charge is 0.311 e. The summed E-state index contributed by atoms with van der Waals surface area (Å²) in [4.78, 5) is 12.0. The molecule has 1 aromatic rings. The lowest BCUT2D eigenvalue weighted by atomic mass is 9.81. The van der Waals surface area contributed by atoms with Crippen LogP contribution in [0.4, 0.5) is 0 Å². The number of hydrogen-bond acceptors (Lipinski definition) is 4. The predicted molar refractivity (Wildman–Crippen MR) is 105 cm³/mol. The Hall–Kier alpha value is -2.93. The highest BCUT2D eigenvalue weighted by molar-refractivity contribution is 7.80. The third kappa shape index (κ3) is 4.00. The molecule has 3 atom stereocenters. The summed E-state index contributed by atoms with van der Waals surface area (Å²) < 4.78 is 0. The minimum Gasteiger partial charge on any atom is -0.481 e. The van der Waals surface area contributed by atoms with E-state index in [0.717, 1.165) is 11.1 Å². The fraction of sp³-hybridized carbons (Fsp3) is 0.211. The molecular formula is C19H20N4O2S. The maximum absolute atomic E-state index is 12.0. The van der Waals surface area contributed by atoms with Gasteiger partial charge in [-0.2, -0.15) is 5.10 Å². The minimum absolute atomic E-state index is 0.0293. The molecule has 3 unspecified atom stereocenters. The number of thiocarbonyl (C=S) groups is 1. The Morgan fingerprint density at radius 2 is 2.04 bits per heavy atom. The van der Waals surface area contributed by atoms with Crippen molar-refractivity contribution in [3.05, 3.63) is 72.0 Å². The molecule has 1 aromatic carbocycles. The molecule has 3 rings (SSSR count). The molecule has 7 heteroatoms. The molecule has 0 saturated heterocycles. The normalized spacial score (nSPS) is 22.2. The second kappa shape index (κ2) is 7.97. The zero-order valence-corrected chi connectivity index (χ0v) is 14.8. The molecule has 1 heterocycles. The van der Waals surface area contributed by atoms with Crippen LogP contribution >= 0.6 is 12.2 Å². The van der Waals surface area contributed by atoms with Crippen LogP contribution in [0, 0.1) is 11.8 Å². The van der Waals surface area contributed by atoms with E-state index in [1.54, 1.807) is 0 Å². The molecule has 0 bridgehead atoms. The summed E-state index contributed by atoms with van der Waals surface area (Å²) in [6.45, 7) is 0. The van der Waals surface area contributed by atoms with Crippen molar-refractivity contribution in [3.63, 3.8) is 0 Å². The number of benzene rings is 1. The quantitative estimate of drug-likeness (QED) is 0.348. The molecule has 0 amide bonds. The monoisotopic (exact) mass is 368 g/mol. The average molecular weight is 368 g/mol. The van der Waals surface area contributed by atoms with Gasteiger partial charge in [-0.3, -0.25) is 10.2 Å². The van der Waals surface area contributed by atoms with E-state index in [-0.39, 0.29) is 23.5 Å². The van der Waals surface area contributed by atoms with Crippen LogP contribution in [0.15, 0.2) is 71.5 Å². The molecule has 0 spiro atoms. The molecule has 26 heavy (non-hydrogen) atoms. The van der Waals surface area contributed by atoms with E-state index < -0.39 is 11.9 Å². The molecule has 0 saturated carbocycles. The van der Waals surface area contributed by atoms with E-state index in [0.29, 0.717) is 5.71 Å². The summed E-state index contributed by atoms with van der Waals surface area (Å²) in [5, 5.41) is 17.4. The highest BCUT2D eigenvalue weighted by Crippen LogP contribution is 2.34. The first-order chi connectivity index (χ1) is 12.6. The molecule has 0 fully saturated rings. The summed E-state index contributed by atoms with van der Waals surface area (Å²) in [5.41, 5.74) is 10.3. The van der Waals surface area contributed by atoms with Crippen LogP contribution in [0.25, 0.3) is 0 Å². The van der Waals surface area contributed by atoms with Gasteiger partial charge in [0.25, 0.3) is 0 Å². The summed E-state index contributed by atoms with van der Waals surface area (Å²) in [6.07, 6.45) is 10.0. The van der Waals surface area contributed by atoms with Crippen LogP contribution in [-0.4, -0.2) is 27.9 Å². The van der Waals surface area contributed by atoms with Crippen LogP contribution in [0.1, 0.15) is 12.0 Å². The lowest BCUT2D eigenvalue weighted by Gasteiger charge is -2.23. The molecule has 2 aliphatic rings. The topological polar surface area (TPSA) is 99.7 Å². The number of allylic oxidation sites excluding steroid dienone is 2. The van der Waals surface area contributed by atoms with Gasteiger partial charge in [-0.25, -0.2) is 0 Å². The second-order valence-electron chi connectivity index (χ2n) is 6.13. The van der Waals surface area contributed by atoms with Crippen molar-refractivity contribution in [2.24, 2.45) is 22.7 Å². The number of hydrazone groups is 1. The Balaban J connectivity index is 1.88. The number of carboxylic acids is 1. The van der Waals surface area contributed by atoms with Crippen LogP contribution in [0.5, 0.6) is 0 Å². The Kier molecular flexibility index (Phi) is 5.48. The van der Waals surface area contributed by atoms with E-state index in [2.05, 4.69) is 15.8 Å². The maximum Gasteiger partial charge on any atom is 0.311 e. The van der Waals surface area contributed by atoms with Crippen molar-refractivity contribution in [2.75, 3.05) is 0 Å². The molecule has 5 N–H and O–H groups in total. The number of carbonyl (C=O) groups is 1. The lowest BCUT2D eigenvalue weighted by molar-refractivity contribution is -0.140. The largest absolute Gasteiger partial charge is 0.481 e. The van der Waals surface area contributed by atoms with Crippen molar-refractivity contribution in [1.29, 1.82) is 0 Å². The predicted octanol–water partition coefficient (Wildman–Crippen LogP) is 1.91. The number of carboxylic acid groups (broad SMARTS) is 1. The van der Waals surface area contributed by atoms with Gasteiger partial charge in [-0.1, -0.05) is 54.6 Å².